The highest BCUT2D eigenvalue weighted by Crippen LogP contribution is 2.17. The Morgan fingerprint density at radius 1 is 1.36 bits per heavy atom. The maximum Gasteiger partial charge on any atom is 0.257 e. The second kappa shape index (κ2) is 9.17. The Bertz CT molecular complexity index is 671. The van der Waals surface area contributed by atoms with Gasteiger partial charge in [-0.25, -0.2) is 8.42 Å². The van der Waals surface area contributed by atoms with E-state index in [2.05, 4.69) is 5.32 Å². The minimum atomic E-state index is -3.33. The third kappa shape index (κ3) is 6.64. The molecule has 25 heavy (non-hydrogen) atoms. The summed E-state index contributed by atoms with van der Waals surface area (Å²) in [5.41, 5.74) is 1.05. The van der Waals surface area contributed by atoms with Gasteiger partial charge in [0, 0.05) is 32.3 Å². The van der Waals surface area contributed by atoms with Crippen molar-refractivity contribution >= 4 is 15.9 Å². The minimum Gasteiger partial charge on any atom is -0.484 e. The number of sulfonamides is 1. The van der Waals surface area contributed by atoms with Crippen LogP contribution in [0.5, 0.6) is 5.75 Å². The van der Waals surface area contributed by atoms with Crippen LogP contribution in [0, 0.1) is 6.92 Å². The van der Waals surface area contributed by atoms with Crippen LogP contribution in [-0.4, -0.2) is 63.8 Å². The first-order chi connectivity index (χ1) is 11.9. The van der Waals surface area contributed by atoms with Crippen LogP contribution >= 0.6 is 0 Å². The number of nitrogens with zero attached hydrogens (tertiary/aromatic N) is 1. The summed E-state index contributed by atoms with van der Waals surface area (Å²) in [6, 6.07) is 7.38. The first-order valence-corrected chi connectivity index (χ1v) is 10.2. The summed E-state index contributed by atoms with van der Waals surface area (Å²) in [7, 11) is -3.33. The molecule has 0 saturated carbocycles. The van der Waals surface area contributed by atoms with E-state index in [0.29, 0.717) is 31.8 Å². The van der Waals surface area contributed by atoms with Gasteiger partial charge in [0.25, 0.3) is 5.91 Å². The van der Waals surface area contributed by atoms with Gasteiger partial charge in [0.15, 0.2) is 6.61 Å². The SMILES string of the molecule is Cc1cccc(OCC(=O)NCCN(C2CCOCC2)S(C)(=O)=O)c1. The number of nitrogens with one attached hydrogen (secondary N) is 1. The molecule has 0 atom stereocenters. The van der Waals surface area contributed by atoms with Crippen molar-refractivity contribution in [3.05, 3.63) is 29.8 Å². The van der Waals surface area contributed by atoms with Gasteiger partial charge in [-0.05, 0) is 37.5 Å². The van der Waals surface area contributed by atoms with Crippen LogP contribution in [-0.2, 0) is 19.6 Å². The van der Waals surface area contributed by atoms with Crippen molar-refractivity contribution in [2.45, 2.75) is 25.8 Å². The van der Waals surface area contributed by atoms with E-state index in [1.165, 1.54) is 10.6 Å². The smallest absolute Gasteiger partial charge is 0.257 e. The summed E-state index contributed by atoms with van der Waals surface area (Å²) >= 11 is 0. The molecule has 140 valence electrons. The molecule has 0 spiro atoms. The highest BCUT2D eigenvalue weighted by molar-refractivity contribution is 7.88. The number of amides is 1. The molecule has 1 amide bonds. The molecule has 2 rings (SSSR count). The van der Waals surface area contributed by atoms with Gasteiger partial charge < -0.3 is 14.8 Å². The second-order valence-corrected chi connectivity index (χ2v) is 8.11. The molecule has 1 aromatic rings. The van der Waals surface area contributed by atoms with Crippen molar-refractivity contribution in [2.24, 2.45) is 0 Å². The molecule has 8 heteroatoms. The van der Waals surface area contributed by atoms with Gasteiger partial charge in [0.2, 0.25) is 10.0 Å². The largest absolute Gasteiger partial charge is 0.484 e. The minimum absolute atomic E-state index is 0.0656. The number of carbonyl (C=O) groups excluding carboxylic acids is 1. The highest BCUT2D eigenvalue weighted by atomic mass is 32.2. The Balaban J connectivity index is 1.77. The lowest BCUT2D eigenvalue weighted by Crippen LogP contribution is -2.46. The van der Waals surface area contributed by atoms with E-state index in [1.807, 2.05) is 25.1 Å². The molecule has 1 saturated heterocycles. The van der Waals surface area contributed by atoms with E-state index in [1.54, 1.807) is 6.07 Å². The van der Waals surface area contributed by atoms with Crippen molar-refractivity contribution in [3.63, 3.8) is 0 Å². The molecular weight excluding hydrogens is 344 g/mol. The molecule has 0 bridgehead atoms. The van der Waals surface area contributed by atoms with E-state index in [4.69, 9.17) is 9.47 Å². The van der Waals surface area contributed by atoms with Gasteiger partial charge in [-0.2, -0.15) is 4.31 Å². The molecule has 1 aliphatic rings. The summed E-state index contributed by atoms with van der Waals surface area (Å²) in [5, 5.41) is 2.71. The van der Waals surface area contributed by atoms with Gasteiger partial charge in [0.1, 0.15) is 5.75 Å². The maximum absolute atomic E-state index is 12.0. The number of rotatable bonds is 8. The average Bonchev–Trinajstić information content (AvgIpc) is 2.56. The molecule has 0 aromatic heterocycles. The van der Waals surface area contributed by atoms with Crippen molar-refractivity contribution in [3.8, 4) is 5.75 Å². The molecule has 0 aliphatic carbocycles. The lowest BCUT2D eigenvalue weighted by atomic mass is 10.1. The number of benzene rings is 1. The van der Waals surface area contributed by atoms with Crippen LogP contribution in [0.4, 0.5) is 0 Å². The highest BCUT2D eigenvalue weighted by Gasteiger charge is 2.28. The van der Waals surface area contributed by atoms with Crippen LogP contribution in [0.3, 0.4) is 0 Å². The van der Waals surface area contributed by atoms with Crippen LogP contribution < -0.4 is 10.1 Å². The Kier molecular flexibility index (Phi) is 7.22. The van der Waals surface area contributed by atoms with Crippen LogP contribution in [0.15, 0.2) is 24.3 Å². The summed E-state index contributed by atoms with van der Waals surface area (Å²) in [4.78, 5) is 11.9. The van der Waals surface area contributed by atoms with Gasteiger partial charge in [0.05, 0.1) is 6.26 Å². The van der Waals surface area contributed by atoms with Gasteiger partial charge in [-0.3, -0.25) is 4.79 Å². The molecule has 0 radical (unpaired) electrons. The predicted octanol–water partition coefficient (Wildman–Crippen LogP) is 0.931. The Hall–Kier alpha value is -1.64. The fourth-order valence-electron chi connectivity index (χ4n) is 2.80. The van der Waals surface area contributed by atoms with E-state index < -0.39 is 10.0 Å². The topological polar surface area (TPSA) is 84.9 Å². The monoisotopic (exact) mass is 370 g/mol. The summed E-state index contributed by atoms with van der Waals surface area (Å²) < 4.78 is 36.2. The van der Waals surface area contributed by atoms with E-state index in [9.17, 15) is 13.2 Å². The molecular formula is C17H26N2O5S. The molecule has 1 N–H and O–H groups in total. The van der Waals surface area contributed by atoms with Gasteiger partial charge >= 0.3 is 0 Å². The van der Waals surface area contributed by atoms with Crippen molar-refractivity contribution < 1.29 is 22.7 Å². The average molecular weight is 370 g/mol. The molecule has 1 aliphatic heterocycles. The molecule has 1 fully saturated rings. The molecule has 0 unspecified atom stereocenters. The van der Waals surface area contributed by atoms with Crippen molar-refractivity contribution in [1.29, 1.82) is 0 Å². The molecule has 7 nitrogen and oxygen atoms in total. The van der Waals surface area contributed by atoms with Crippen LogP contribution in [0.25, 0.3) is 0 Å². The first kappa shape index (κ1) is 19.7. The Morgan fingerprint density at radius 3 is 2.72 bits per heavy atom. The molecule has 1 aromatic carbocycles. The summed E-state index contributed by atoms with van der Waals surface area (Å²) in [6.45, 7) is 3.48. The maximum atomic E-state index is 12.0. The fraction of sp³-hybridized carbons (Fsp3) is 0.588. The van der Waals surface area contributed by atoms with Crippen LogP contribution in [0.2, 0.25) is 0 Å². The molecule has 1 heterocycles. The van der Waals surface area contributed by atoms with Gasteiger partial charge in [-0.15, -0.1) is 0 Å². The zero-order chi connectivity index (χ0) is 18.3. The Morgan fingerprint density at radius 2 is 2.08 bits per heavy atom. The number of hydrogen-bond acceptors (Lipinski definition) is 5. The normalized spacial score (nSPS) is 16.0. The van der Waals surface area contributed by atoms with Crippen molar-refractivity contribution in [2.75, 3.05) is 39.2 Å². The predicted molar refractivity (Wildman–Crippen MR) is 95.1 cm³/mol. The summed E-state index contributed by atoms with van der Waals surface area (Å²) in [6.07, 6.45) is 2.56. The van der Waals surface area contributed by atoms with Crippen molar-refractivity contribution in [1.82, 2.24) is 9.62 Å². The third-order valence-corrected chi connectivity index (χ3v) is 5.37. The third-order valence-electron chi connectivity index (χ3n) is 4.04. The first-order valence-electron chi connectivity index (χ1n) is 8.37. The standard InChI is InChI=1S/C17H26N2O5S/c1-14-4-3-5-16(12-14)24-13-17(20)18-8-9-19(25(2,21)22)15-6-10-23-11-7-15/h3-5,12,15H,6-11,13H2,1-2H3,(H,18,20). The van der Waals surface area contributed by atoms with E-state index in [0.717, 1.165) is 5.56 Å². The fourth-order valence-corrected chi connectivity index (χ4v) is 3.98. The second-order valence-electron chi connectivity index (χ2n) is 6.17. The quantitative estimate of drug-likeness (QED) is 0.736. The Labute approximate surface area is 149 Å². The number of aryl methyl sites for hydroxylation is 1. The zero-order valence-corrected chi connectivity index (χ0v) is 15.5. The lowest BCUT2D eigenvalue weighted by molar-refractivity contribution is -0.123. The van der Waals surface area contributed by atoms with Crippen LogP contribution in [0.1, 0.15) is 18.4 Å². The van der Waals surface area contributed by atoms with E-state index >= 15 is 0 Å². The number of hydrogen-bond donors (Lipinski definition) is 1. The number of ether oxygens (including phenoxy) is 2. The van der Waals surface area contributed by atoms with Gasteiger partial charge in [-0.1, -0.05) is 12.1 Å². The lowest BCUT2D eigenvalue weighted by Gasteiger charge is -2.32. The van der Waals surface area contributed by atoms with E-state index in [-0.39, 0.29) is 31.6 Å². The zero-order valence-electron chi connectivity index (χ0n) is 14.7. The number of carbonyl (C=O) groups is 1. The summed E-state index contributed by atoms with van der Waals surface area (Å²) in [5.74, 6) is 0.358.